The van der Waals surface area contributed by atoms with E-state index in [1.807, 2.05) is 30.5 Å². The molecule has 1 aliphatic heterocycles. The van der Waals surface area contributed by atoms with Gasteiger partial charge in [-0.05, 0) is 42.5 Å². The summed E-state index contributed by atoms with van der Waals surface area (Å²) in [6.07, 6.45) is 9.03. The van der Waals surface area contributed by atoms with Gasteiger partial charge in [0, 0.05) is 54.9 Å². The molecule has 0 saturated carbocycles. The van der Waals surface area contributed by atoms with Crippen LogP contribution in [0.4, 0.5) is 11.5 Å². The largest absolute Gasteiger partial charge is 0.370 e. The number of anilines is 2. The highest BCUT2D eigenvalue weighted by Crippen LogP contribution is 2.29. The number of halogens is 1. The molecule has 2 aromatic heterocycles. The van der Waals surface area contributed by atoms with Crippen LogP contribution in [0.5, 0.6) is 0 Å². The van der Waals surface area contributed by atoms with Crippen molar-refractivity contribution in [2.45, 2.75) is 12.8 Å². The fraction of sp³-hybridized carbons (Fsp3) is 0.130. The maximum absolute atomic E-state index is 12.6. The number of pyridine rings is 2. The molecule has 0 spiro atoms. The molecular formula is C23H20ClN5O. The number of benzene rings is 1. The predicted octanol–water partition coefficient (Wildman–Crippen LogP) is 5.21. The number of carbonyl (C=O) groups is 1. The first-order chi connectivity index (χ1) is 14.7. The zero-order valence-corrected chi connectivity index (χ0v) is 16.9. The van der Waals surface area contributed by atoms with Crippen LogP contribution in [0, 0.1) is 0 Å². The Labute approximate surface area is 179 Å². The average Bonchev–Trinajstić information content (AvgIpc) is 3.30. The van der Waals surface area contributed by atoms with Crippen molar-refractivity contribution in [2.75, 3.05) is 17.2 Å². The second kappa shape index (κ2) is 9.33. The first kappa shape index (κ1) is 19.8. The molecule has 0 unspecified atom stereocenters. The van der Waals surface area contributed by atoms with Gasteiger partial charge >= 0.3 is 0 Å². The normalized spacial score (nSPS) is 12.5. The first-order valence-corrected chi connectivity index (χ1v) is 10.0. The van der Waals surface area contributed by atoms with Crippen molar-refractivity contribution in [1.82, 2.24) is 9.97 Å². The minimum Gasteiger partial charge on any atom is -0.370 e. The predicted molar refractivity (Wildman–Crippen MR) is 121 cm³/mol. The van der Waals surface area contributed by atoms with Crippen molar-refractivity contribution in [3.05, 3.63) is 83.3 Å². The Morgan fingerprint density at radius 1 is 1.10 bits per heavy atom. The van der Waals surface area contributed by atoms with Crippen molar-refractivity contribution in [1.29, 1.82) is 0 Å². The number of aliphatic imine (C=N–C) groups is 1. The third kappa shape index (κ3) is 4.90. The third-order valence-electron chi connectivity index (χ3n) is 4.59. The van der Waals surface area contributed by atoms with E-state index in [1.54, 1.807) is 36.7 Å². The van der Waals surface area contributed by atoms with Gasteiger partial charge in [0.1, 0.15) is 5.82 Å². The number of allylic oxidation sites excluding steroid dienone is 1. The van der Waals surface area contributed by atoms with Gasteiger partial charge in [0.2, 0.25) is 0 Å². The zero-order valence-electron chi connectivity index (χ0n) is 16.2. The van der Waals surface area contributed by atoms with Gasteiger partial charge in [-0.1, -0.05) is 23.7 Å². The molecule has 150 valence electrons. The summed E-state index contributed by atoms with van der Waals surface area (Å²) in [7, 11) is 0. The maximum atomic E-state index is 12.6. The highest BCUT2D eigenvalue weighted by molar-refractivity contribution is 6.33. The number of nitrogens with one attached hydrogen (secondary N) is 2. The number of hydrogen-bond acceptors (Lipinski definition) is 5. The zero-order chi connectivity index (χ0) is 20.8. The lowest BCUT2D eigenvalue weighted by molar-refractivity contribution is 0.102. The summed E-state index contributed by atoms with van der Waals surface area (Å²) in [5.74, 6) is 0.479. The van der Waals surface area contributed by atoms with E-state index >= 15 is 0 Å². The minimum atomic E-state index is -0.242. The summed E-state index contributed by atoms with van der Waals surface area (Å²) in [5, 5.41) is 6.70. The molecule has 1 aromatic carbocycles. The van der Waals surface area contributed by atoms with Crippen LogP contribution < -0.4 is 10.6 Å². The number of rotatable bonds is 7. The van der Waals surface area contributed by atoms with E-state index in [-0.39, 0.29) is 5.91 Å². The van der Waals surface area contributed by atoms with Crippen molar-refractivity contribution in [3.63, 3.8) is 0 Å². The average molecular weight is 418 g/mol. The molecule has 3 heterocycles. The molecule has 30 heavy (non-hydrogen) atoms. The first-order valence-electron chi connectivity index (χ1n) is 9.63. The summed E-state index contributed by atoms with van der Waals surface area (Å²) in [5.41, 5.74) is 3.70. The van der Waals surface area contributed by atoms with Crippen molar-refractivity contribution in [2.24, 2.45) is 4.99 Å². The summed E-state index contributed by atoms with van der Waals surface area (Å²) in [6, 6.07) is 14.5. The lowest BCUT2D eigenvalue weighted by Gasteiger charge is -2.10. The molecule has 1 aliphatic rings. The van der Waals surface area contributed by atoms with Crippen LogP contribution in [0.25, 0.3) is 11.3 Å². The van der Waals surface area contributed by atoms with Gasteiger partial charge < -0.3 is 10.6 Å². The van der Waals surface area contributed by atoms with Crippen molar-refractivity contribution >= 4 is 35.2 Å². The number of carbonyl (C=O) groups excluding carboxylic acids is 1. The summed E-state index contributed by atoms with van der Waals surface area (Å²) < 4.78 is 0. The molecule has 7 heteroatoms. The van der Waals surface area contributed by atoms with E-state index in [9.17, 15) is 4.79 Å². The standard InChI is InChI=1S/C23H20ClN5O/c24-20-8-7-18(14-19(20)21-5-1-2-11-26-21)29-23(30)16-6-9-22(28-15-16)27-13-10-17-4-3-12-25-17/h1-2,4-9,11-12,14-15H,3,10,13H2,(H,27,28)(H,29,30). The van der Waals surface area contributed by atoms with Gasteiger partial charge in [-0.25, -0.2) is 4.98 Å². The van der Waals surface area contributed by atoms with E-state index in [1.165, 1.54) is 0 Å². The van der Waals surface area contributed by atoms with E-state index in [4.69, 9.17) is 11.6 Å². The van der Waals surface area contributed by atoms with Crippen LogP contribution in [0.15, 0.2) is 77.7 Å². The third-order valence-corrected chi connectivity index (χ3v) is 4.92. The van der Waals surface area contributed by atoms with Crippen molar-refractivity contribution in [3.8, 4) is 11.3 Å². The molecule has 0 radical (unpaired) electrons. The van der Waals surface area contributed by atoms with Gasteiger partial charge in [0.15, 0.2) is 0 Å². The molecule has 0 bridgehead atoms. The molecule has 1 amide bonds. The second-order valence-electron chi connectivity index (χ2n) is 6.72. The van der Waals surface area contributed by atoms with Gasteiger partial charge in [-0.3, -0.25) is 14.8 Å². The Balaban J connectivity index is 1.38. The molecule has 0 atom stereocenters. The van der Waals surface area contributed by atoms with Crippen LogP contribution in [-0.2, 0) is 0 Å². The highest BCUT2D eigenvalue weighted by Gasteiger charge is 2.10. The Hall–Kier alpha value is -3.51. The van der Waals surface area contributed by atoms with Crippen LogP contribution in [0.2, 0.25) is 5.02 Å². The molecule has 0 aliphatic carbocycles. The quantitative estimate of drug-likeness (QED) is 0.553. The van der Waals surface area contributed by atoms with Crippen LogP contribution in [0.1, 0.15) is 23.2 Å². The molecule has 3 aromatic rings. The van der Waals surface area contributed by atoms with E-state index in [0.717, 1.165) is 42.2 Å². The molecule has 0 saturated heterocycles. The second-order valence-corrected chi connectivity index (χ2v) is 7.12. The van der Waals surface area contributed by atoms with Crippen LogP contribution >= 0.6 is 11.6 Å². The fourth-order valence-corrected chi connectivity index (χ4v) is 3.27. The Morgan fingerprint density at radius 2 is 2.03 bits per heavy atom. The van der Waals surface area contributed by atoms with Gasteiger partial charge in [0.05, 0.1) is 16.3 Å². The number of hydrogen-bond donors (Lipinski definition) is 2. The van der Waals surface area contributed by atoms with Crippen LogP contribution in [-0.4, -0.2) is 28.6 Å². The number of aromatic nitrogens is 2. The topological polar surface area (TPSA) is 79.3 Å². The number of nitrogens with zero attached hydrogens (tertiary/aromatic N) is 3. The molecule has 2 N–H and O–H groups in total. The highest BCUT2D eigenvalue weighted by atomic mass is 35.5. The van der Waals surface area contributed by atoms with Gasteiger partial charge in [-0.15, -0.1) is 0 Å². The SMILES string of the molecule is O=C(Nc1ccc(Cl)c(-c2ccccn2)c1)c1ccc(NCCC2=CCC=N2)nc1. The smallest absolute Gasteiger partial charge is 0.257 e. The van der Waals surface area contributed by atoms with Crippen molar-refractivity contribution < 1.29 is 4.79 Å². The molecule has 0 fully saturated rings. The molecular weight excluding hydrogens is 398 g/mol. The van der Waals surface area contributed by atoms with E-state index < -0.39 is 0 Å². The van der Waals surface area contributed by atoms with E-state index in [2.05, 4.69) is 31.7 Å². The number of amides is 1. The molecule has 4 rings (SSSR count). The van der Waals surface area contributed by atoms with Gasteiger partial charge in [-0.2, -0.15) is 0 Å². The summed E-state index contributed by atoms with van der Waals surface area (Å²) >= 11 is 6.30. The maximum Gasteiger partial charge on any atom is 0.257 e. The van der Waals surface area contributed by atoms with Crippen LogP contribution in [0.3, 0.4) is 0 Å². The summed E-state index contributed by atoms with van der Waals surface area (Å²) in [6.45, 7) is 0.739. The summed E-state index contributed by atoms with van der Waals surface area (Å²) in [4.78, 5) is 25.5. The Morgan fingerprint density at radius 3 is 2.77 bits per heavy atom. The lowest BCUT2D eigenvalue weighted by Crippen LogP contribution is -2.13. The van der Waals surface area contributed by atoms with Gasteiger partial charge in [0.25, 0.3) is 5.91 Å². The minimum absolute atomic E-state index is 0.242. The Bertz CT molecular complexity index is 1090. The van der Waals surface area contributed by atoms with E-state index in [0.29, 0.717) is 16.3 Å². The lowest BCUT2D eigenvalue weighted by atomic mass is 10.1. The Kier molecular flexibility index (Phi) is 6.15. The molecule has 6 nitrogen and oxygen atoms in total. The monoisotopic (exact) mass is 417 g/mol. The fourth-order valence-electron chi connectivity index (χ4n) is 3.05.